The summed E-state index contributed by atoms with van der Waals surface area (Å²) in [5, 5.41) is 3.16. The molecule has 0 aromatic carbocycles. The molecule has 0 unspecified atom stereocenters. The predicted octanol–water partition coefficient (Wildman–Crippen LogP) is 5.87. The van der Waals surface area contributed by atoms with Crippen LogP contribution in [0.4, 0.5) is 0 Å². The fourth-order valence-corrected chi connectivity index (χ4v) is 8.99. The molecule has 2 heteroatoms. The molecule has 0 radical (unpaired) electrons. The molecule has 0 nitrogen and oxygen atoms in total. The van der Waals surface area contributed by atoms with Crippen LogP contribution in [-0.2, 0) is 0 Å². The Bertz CT molecular complexity index is 121. The fraction of sp³-hybridized carbons (Fsp3) is 1.00. The van der Waals surface area contributed by atoms with Crippen LogP contribution in [0.3, 0.4) is 0 Å². The minimum atomic E-state index is 1.03. The van der Waals surface area contributed by atoms with Gasteiger partial charge in [0.15, 0.2) is 0 Å². The standard InChI is InChI=1S/C16H34Se2/c1-3-5-7-9-11-13-15-17-18-16-14-12-10-8-6-4-2/h3-16H2,1-2H3. The molecular formula is C16H34Se2. The normalized spacial score (nSPS) is 11.0. The Kier molecular flexibility index (Phi) is 19.1. The summed E-state index contributed by atoms with van der Waals surface area (Å²) in [5.41, 5.74) is 0. The molecule has 0 atom stereocenters. The summed E-state index contributed by atoms with van der Waals surface area (Å²) < 4.78 is 0. The van der Waals surface area contributed by atoms with Crippen molar-refractivity contribution in [1.29, 1.82) is 0 Å². The van der Waals surface area contributed by atoms with Crippen molar-refractivity contribution in [3.63, 3.8) is 0 Å². The molecule has 0 fully saturated rings. The molecule has 0 aromatic heterocycles. The van der Waals surface area contributed by atoms with E-state index in [9.17, 15) is 0 Å². The average molecular weight is 384 g/mol. The Hall–Kier alpha value is 1.04. The molecule has 0 saturated heterocycles. The second kappa shape index (κ2) is 18.0. The third-order valence-corrected chi connectivity index (χ3v) is 11.0. The molecule has 110 valence electrons. The number of hydrogen-bond donors (Lipinski definition) is 0. The Labute approximate surface area is 127 Å². The van der Waals surface area contributed by atoms with Gasteiger partial charge in [-0.3, -0.25) is 0 Å². The Morgan fingerprint density at radius 3 is 1.17 bits per heavy atom. The molecule has 0 aliphatic carbocycles. The van der Waals surface area contributed by atoms with Crippen molar-refractivity contribution in [3.8, 4) is 0 Å². The molecule has 0 amide bonds. The zero-order chi connectivity index (χ0) is 13.3. The molecule has 0 saturated carbocycles. The van der Waals surface area contributed by atoms with Gasteiger partial charge in [-0.2, -0.15) is 0 Å². The molecule has 0 aliphatic rings. The van der Waals surface area contributed by atoms with Crippen molar-refractivity contribution in [2.75, 3.05) is 0 Å². The zero-order valence-corrected chi connectivity index (χ0v) is 16.1. The van der Waals surface area contributed by atoms with Crippen molar-refractivity contribution < 1.29 is 0 Å². The summed E-state index contributed by atoms with van der Waals surface area (Å²) in [6.45, 7) is 4.60. The molecular weight excluding hydrogens is 350 g/mol. The summed E-state index contributed by atoms with van der Waals surface area (Å²) in [6.07, 6.45) is 17.7. The van der Waals surface area contributed by atoms with Gasteiger partial charge in [0.1, 0.15) is 0 Å². The van der Waals surface area contributed by atoms with Crippen LogP contribution in [0.5, 0.6) is 0 Å². The summed E-state index contributed by atoms with van der Waals surface area (Å²) >= 11 is 2.06. The second-order valence-electron chi connectivity index (χ2n) is 5.18. The van der Waals surface area contributed by atoms with E-state index in [0.29, 0.717) is 0 Å². The first kappa shape index (κ1) is 19.0. The van der Waals surface area contributed by atoms with Crippen LogP contribution in [0, 0.1) is 0 Å². The zero-order valence-electron chi connectivity index (χ0n) is 12.7. The van der Waals surface area contributed by atoms with Crippen LogP contribution in [0.1, 0.15) is 90.9 Å². The van der Waals surface area contributed by atoms with E-state index in [-0.39, 0.29) is 0 Å². The van der Waals surface area contributed by atoms with Crippen molar-refractivity contribution in [3.05, 3.63) is 0 Å². The molecule has 18 heavy (non-hydrogen) atoms. The van der Waals surface area contributed by atoms with Crippen LogP contribution in [0.2, 0.25) is 10.6 Å². The van der Waals surface area contributed by atoms with Gasteiger partial charge in [-0.25, -0.2) is 0 Å². The molecule has 0 rings (SSSR count). The van der Waals surface area contributed by atoms with Crippen LogP contribution in [0.15, 0.2) is 0 Å². The van der Waals surface area contributed by atoms with Crippen LogP contribution >= 0.6 is 0 Å². The first-order valence-electron chi connectivity index (χ1n) is 8.16. The fourth-order valence-electron chi connectivity index (χ4n) is 2.00. The summed E-state index contributed by atoms with van der Waals surface area (Å²) in [7, 11) is 0. The van der Waals surface area contributed by atoms with E-state index in [4.69, 9.17) is 0 Å². The van der Waals surface area contributed by atoms with E-state index in [1.165, 1.54) is 77.0 Å². The van der Waals surface area contributed by atoms with E-state index >= 15 is 0 Å². The van der Waals surface area contributed by atoms with Gasteiger partial charge in [0.05, 0.1) is 0 Å². The van der Waals surface area contributed by atoms with Gasteiger partial charge in [0, 0.05) is 0 Å². The summed E-state index contributed by atoms with van der Waals surface area (Å²) in [5.74, 6) is 0. The van der Waals surface area contributed by atoms with Gasteiger partial charge in [0.2, 0.25) is 0 Å². The van der Waals surface area contributed by atoms with E-state index < -0.39 is 0 Å². The van der Waals surface area contributed by atoms with Crippen molar-refractivity contribution in [2.45, 2.75) is 102 Å². The van der Waals surface area contributed by atoms with Crippen molar-refractivity contribution >= 4 is 26.3 Å². The molecule has 0 aromatic rings. The quantitative estimate of drug-likeness (QED) is 0.245. The SMILES string of the molecule is CCCCCCCC[Se][Se]CCCCCCCC. The topological polar surface area (TPSA) is 0 Å². The van der Waals surface area contributed by atoms with Crippen molar-refractivity contribution in [1.82, 2.24) is 0 Å². The van der Waals surface area contributed by atoms with Crippen LogP contribution in [-0.4, -0.2) is 26.3 Å². The molecule has 0 aliphatic heterocycles. The van der Waals surface area contributed by atoms with E-state index in [1.807, 2.05) is 0 Å². The first-order valence-corrected chi connectivity index (χ1v) is 14.9. The van der Waals surface area contributed by atoms with Crippen LogP contribution < -0.4 is 0 Å². The van der Waals surface area contributed by atoms with Crippen molar-refractivity contribution in [2.24, 2.45) is 0 Å². The number of rotatable bonds is 15. The maximum absolute atomic E-state index is 2.30. The van der Waals surface area contributed by atoms with E-state index in [2.05, 4.69) is 13.8 Å². The Balaban J connectivity index is 2.86. The molecule has 0 spiro atoms. The Morgan fingerprint density at radius 2 is 0.778 bits per heavy atom. The summed E-state index contributed by atoms with van der Waals surface area (Å²) in [6, 6.07) is 0. The van der Waals surface area contributed by atoms with Gasteiger partial charge >= 0.3 is 128 Å². The van der Waals surface area contributed by atoms with Crippen LogP contribution in [0.25, 0.3) is 0 Å². The Morgan fingerprint density at radius 1 is 0.444 bits per heavy atom. The monoisotopic (exact) mass is 386 g/mol. The summed E-state index contributed by atoms with van der Waals surface area (Å²) in [4.78, 5) is 0. The molecule has 0 N–H and O–H groups in total. The first-order chi connectivity index (χ1) is 8.91. The predicted molar refractivity (Wildman–Crippen MR) is 87.9 cm³/mol. The molecule has 0 heterocycles. The van der Waals surface area contributed by atoms with E-state index in [0.717, 1.165) is 26.3 Å². The number of hydrogen-bond acceptors (Lipinski definition) is 0. The van der Waals surface area contributed by atoms with Gasteiger partial charge in [-0.05, 0) is 0 Å². The van der Waals surface area contributed by atoms with E-state index in [1.54, 1.807) is 10.6 Å². The maximum atomic E-state index is 2.30. The minimum absolute atomic E-state index is 1.03. The second-order valence-corrected chi connectivity index (χ2v) is 13.0. The third kappa shape index (κ3) is 17.0. The van der Waals surface area contributed by atoms with Gasteiger partial charge in [0.25, 0.3) is 0 Å². The van der Waals surface area contributed by atoms with Gasteiger partial charge in [-0.15, -0.1) is 0 Å². The van der Waals surface area contributed by atoms with Gasteiger partial charge < -0.3 is 0 Å². The molecule has 0 bridgehead atoms. The number of unbranched alkanes of at least 4 members (excludes halogenated alkanes) is 10. The average Bonchev–Trinajstić information content (AvgIpc) is 2.39. The van der Waals surface area contributed by atoms with Gasteiger partial charge in [-0.1, -0.05) is 0 Å². The third-order valence-electron chi connectivity index (χ3n) is 3.25.